The van der Waals surface area contributed by atoms with E-state index < -0.39 is 0 Å². The van der Waals surface area contributed by atoms with E-state index in [-0.39, 0.29) is 5.38 Å². The molecule has 0 amide bonds. The van der Waals surface area contributed by atoms with Crippen molar-refractivity contribution in [3.05, 3.63) is 29.8 Å². The van der Waals surface area contributed by atoms with Crippen LogP contribution in [0.4, 0.5) is 0 Å². The van der Waals surface area contributed by atoms with Gasteiger partial charge in [-0.2, -0.15) is 0 Å². The molecule has 1 atom stereocenters. The third kappa shape index (κ3) is 4.99. The normalized spacial score (nSPS) is 18.5. The first-order chi connectivity index (χ1) is 9.79. The molecule has 0 spiro atoms. The maximum absolute atomic E-state index is 6.57. The number of hydrogen-bond donors (Lipinski definition) is 0. The van der Waals surface area contributed by atoms with Crippen molar-refractivity contribution in [1.82, 2.24) is 4.90 Å². The van der Waals surface area contributed by atoms with Gasteiger partial charge >= 0.3 is 0 Å². The van der Waals surface area contributed by atoms with Crippen LogP contribution in [-0.4, -0.2) is 31.1 Å². The molecule has 0 saturated carbocycles. The minimum Gasteiger partial charge on any atom is -0.494 e. The second kappa shape index (κ2) is 8.53. The summed E-state index contributed by atoms with van der Waals surface area (Å²) in [7, 11) is 0. The molecule has 1 aliphatic rings. The zero-order valence-electron chi connectivity index (χ0n) is 12.5. The van der Waals surface area contributed by atoms with Gasteiger partial charge in [-0.05, 0) is 50.0 Å². The van der Waals surface area contributed by atoms with Gasteiger partial charge in [0.25, 0.3) is 0 Å². The number of likely N-dealkylation sites (tertiary alicyclic amines) is 1. The molecule has 1 fully saturated rings. The van der Waals surface area contributed by atoms with Crippen LogP contribution < -0.4 is 4.74 Å². The molecule has 2 rings (SSSR count). The van der Waals surface area contributed by atoms with Crippen LogP contribution in [0.25, 0.3) is 0 Å². The van der Waals surface area contributed by atoms with Gasteiger partial charge in [0.05, 0.1) is 12.0 Å². The third-order valence-electron chi connectivity index (χ3n) is 3.83. The molecule has 1 heterocycles. The monoisotopic (exact) mass is 295 g/mol. The van der Waals surface area contributed by atoms with Crippen molar-refractivity contribution in [1.29, 1.82) is 0 Å². The van der Waals surface area contributed by atoms with E-state index in [4.69, 9.17) is 16.3 Å². The van der Waals surface area contributed by atoms with Gasteiger partial charge in [-0.25, -0.2) is 0 Å². The fourth-order valence-corrected chi connectivity index (χ4v) is 2.98. The van der Waals surface area contributed by atoms with Crippen molar-refractivity contribution in [2.75, 3.05) is 26.2 Å². The summed E-state index contributed by atoms with van der Waals surface area (Å²) < 4.78 is 5.60. The fourth-order valence-electron chi connectivity index (χ4n) is 2.64. The number of ether oxygens (including phenoxy) is 1. The lowest BCUT2D eigenvalue weighted by Gasteiger charge is -2.23. The van der Waals surface area contributed by atoms with Gasteiger partial charge in [0.1, 0.15) is 5.75 Å². The third-order valence-corrected chi connectivity index (χ3v) is 4.22. The topological polar surface area (TPSA) is 12.5 Å². The predicted molar refractivity (Wildman–Crippen MR) is 85.7 cm³/mol. The van der Waals surface area contributed by atoms with Gasteiger partial charge in [-0.15, -0.1) is 11.6 Å². The Morgan fingerprint density at radius 1 is 1.10 bits per heavy atom. The average molecular weight is 296 g/mol. The van der Waals surface area contributed by atoms with E-state index in [0.29, 0.717) is 0 Å². The summed E-state index contributed by atoms with van der Waals surface area (Å²) in [5.74, 6) is 0.939. The molecule has 1 aromatic rings. The van der Waals surface area contributed by atoms with Crippen molar-refractivity contribution >= 4 is 11.6 Å². The Morgan fingerprint density at radius 2 is 1.75 bits per heavy atom. The smallest absolute Gasteiger partial charge is 0.119 e. The number of alkyl halides is 1. The summed E-state index contributed by atoms with van der Waals surface area (Å²) in [5, 5.41) is 0.0772. The molecule has 3 heteroatoms. The van der Waals surface area contributed by atoms with Crippen molar-refractivity contribution in [2.24, 2.45) is 0 Å². The summed E-state index contributed by atoms with van der Waals surface area (Å²) in [6.45, 7) is 6.24. The van der Waals surface area contributed by atoms with E-state index in [0.717, 1.165) is 25.3 Å². The van der Waals surface area contributed by atoms with Gasteiger partial charge < -0.3 is 9.64 Å². The fraction of sp³-hybridized carbons (Fsp3) is 0.647. The van der Waals surface area contributed by atoms with E-state index in [9.17, 15) is 0 Å². The number of halogens is 1. The molecule has 20 heavy (non-hydrogen) atoms. The molecule has 1 aromatic carbocycles. The highest BCUT2D eigenvalue weighted by molar-refractivity contribution is 6.21. The average Bonchev–Trinajstić information content (AvgIpc) is 2.74. The zero-order chi connectivity index (χ0) is 14.2. The molecule has 112 valence electrons. The molecule has 0 radical (unpaired) electrons. The lowest BCUT2D eigenvalue weighted by atomic mass is 10.1. The van der Waals surface area contributed by atoms with Crippen LogP contribution >= 0.6 is 11.6 Å². The number of nitrogens with zero attached hydrogens (tertiary/aromatic N) is 1. The van der Waals surface area contributed by atoms with E-state index in [1.165, 1.54) is 44.3 Å². The van der Waals surface area contributed by atoms with Gasteiger partial charge in [0.2, 0.25) is 0 Å². The predicted octanol–water partition coefficient (Wildman–Crippen LogP) is 4.63. The largest absolute Gasteiger partial charge is 0.494 e. The molecule has 1 aliphatic heterocycles. The Morgan fingerprint density at radius 3 is 2.35 bits per heavy atom. The maximum atomic E-state index is 6.57. The summed E-state index contributed by atoms with van der Waals surface area (Å²) in [5.41, 5.74) is 1.19. The molecular weight excluding hydrogens is 270 g/mol. The molecule has 0 N–H and O–H groups in total. The summed E-state index contributed by atoms with van der Waals surface area (Å²) in [6, 6.07) is 8.26. The van der Waals surface area contributed by atoms with Crippen LogP contribution in [0, 0.1) is 0 Å². The second-order valence-corrected chi connectivity index (χ2v) is 6.13. The summed E-state index contributed by atoms with van der Waals surface area (Å²) in [4.78, 5) is 2.51. The highest BCUT2D eigenvalue weighted by atomic mass is 35.5. The van der Waals surface area contributed by atoms with Crippen molar-refractivity contribution in [3.63, 3.8) is 0 Å². The number of hydrogen-bond acceptors (Lipinski definition) is 2. The highest BCUT2D eigenvalue weighted by Gasteiger charge is 2.15. The van der Waals surface area contributed by atoms with Gasteiger partial charge in [-0.1, -0.05) is 31.9 Å². The summed E-state index contributed by atoms with van der Waals surface area (Å²) in [6.07, 6.45) is 6.40. The zero-order valence-corrected chi connectivity index (χ0v) is 13.2. The minimum atomic E-state index is 0.0772. The minimum absolute atomic E-state index is 0.0772. The van der Waals surface area contributed by atoms with Crippen LogP contribution in [-0.2, 0) is 0 Å². The van der Waals surface area contributed by atoms with Crippen molar-refractivity contribution in [3.8, 4) is 5.75 Å². The van der Waals surface area contributed by atoms with Crippen LogP contribution in [0.15, 0.2) is 24.3 Å². The van der Waals surface area contributed by atoms with Crippen LogP contribution in [0.3, 0.4) is 0 Å². The van der Waals surface area contributed by atoms with Crippen LogP contribution in [0.5, 0.6) is 5.75 Å². The van der Waals surface area contributed by atoms with Crippen molar-refractivity contribution < 1.29 is 4.74 Å². The quantitative estimate of drug-likeness (QED) is 0.709. The van der Waals surface area contributed by atoms with E-state index in [1.807, 2.05) is 12.1 Å². The second-order valence-electron chi connectivity index (χ2n) is 5.60. The first-order valence-electron chi connectivity index (χ1n) is 7.89. The lowest BCUT2D eigenvalue weighted by Crippen LogP contribution is -2.28. The molecule has 1 unspecified atom stereocenters. The molecule has 1 saturated heterocycles. The van der Waals surface area contributed by atoms with Gasteiger partial charge in [-0.3, -0.25) is 0 Å². The Balaban J connectivity index is 1.86. The van der Waals surface area contributed by atoms with Gasteiger partial charge in [0.15, 0.2) is 0 Å². The SMILES string of the molecule is CCCOc1ccc(C(Cl)CN2CCCCCC2)cc1. The Bertz CT molecular complexity index is 371. The van der Waals surface area contributed by atoms with E-state index >= 15 is 0 Å². The van der Waals surface area contributed by atoms with E-state index in [2.05, 4.69) is 24.0 Å². The standard InChI is InChI=1S/C17H26ClNO/c1-2-13-20-16-9-7-15(8-10-16)17(18)14-19-11-5-3-4-6-12-19/h7-10,17H,2-6,11-14H2,1H3. The Hall–Kier alpha value is -0.730. The Kier molecular flexibility index (Phi) is 6.68. The first-order valence-corrected chi connectivity index (χ1v) is 8.32. The maximum Gasteiger partial charge on any atom is 0.119 e. The molecule has 0 aromatic heterocycles. The molecule has 0 aliphatic carbocycles. The highest BCUT2D eigenvalue weighted by Crippen LogP contribution is 2.25. The van der Waals surface area contributed by atoms with Gasteiger partial charge in [0, 0.05) is 6.54 Å². The lowest BCUT2D eigenvalue weighted by molar-refractivity contribution is 0.285. The first kappa shape index (κ1) is 15.7. The molecular formula is C17H26ClNO. The van der Waals surface area contributed by atoms with Crippen molar-refractivity contribution in [2.45, 2.75) is 44.4 Å². The molecule has 0 bridgehead atoms. The summed E-state index contributed by atoms with van der Waals surface area (Å²) >= 11 is 6.57. The molecule has 2 nitrogen and oxygen atoms in total. The van der Waals surface area contributed by atoms with E-state index in [1.54, 1.807) is 0 Å². The number of benzene rings is 1. The van der Waals surface area contributed by atoms with Crippen LogP contribution in [0.1, 0.15) is 50.0 Å². The Labute approximate surface area is 128 Å². The van der Waals surface area contributed by atoms with Crippen LogP contribution in [0.2, 0.25) is 0 Å². The number of rotatable bonds is 6.